The molecule has 0 N–H and O–H groups in total. The van der Waals surface area contributed by atoms with E-state index in [1.807, 2.05) is 55.3 Å². The van der Waals surface area contributed by atoms with Gasteiger partial charge in [0.05, 0.1) is 24.2 Å². The standard InChI is InChI=1S/C20H24N6O/c1-15-16(14-24(2)23-15)17-8-9-21-20(22-17)26-12-10-25(11-13-26)18-6-4-5-7-19(18)27-3/h4-9,14H,10-13H2,1-3H3. The van der Waals surface area contributed by atoms with Crippen molar-refractivity contribution in [2.75, 3.05) is 43.1 Å². The molecular weight excluding hydrogens is 340 g/mol. The van der Waals surface area contributed by atoms with Gasteiger partial charge >= 0.3 is 0 Å². The zero-order valence-corrected chi connectivity index (χ0v) is 16.0. The number of para-hydroxylation sites is 2. The first kappa shape index (κ1) is 17.3. The second-order valence-electron chi connectivity index (χ2n) is 6.69. The van der Waals surface area contributed by atoms with Crippen molar-refractivity contribution >= 4 is 11.6 Å². The summed E-state index contributed by atoms with van der Waals surface area (Å²) in [5.41, 5.74) is 4.08. The second-order valence-corrected chi connectivity index (χ2v) is 6.69. The highest BCUT2D eigenvalue weighted by Crippen LogP contribution is 2.29. The molecule has 1 aliphatic rings. The van der Waals surface area contributed by atoms with Crippen molar-refractivity contribution in [3.63, 3.8) is 0 Å². The normalized spacial score (nSPS) is 14.5. The predicted molar refractivity (Wildman–Crippen MR) is 106 cm³/mol. The lowest BCUT2D eigenvalue weighted by atomic mass is 10.2. The van der Waals surface area contributed by atoms with E-state index in [9.17, 15) is 0 Å². The SMILES string of the molecule is COc1ccccc1N1CCN(c2nccc(-c3cn(C)nc3C)n2)CC1. The summed E-state index contributed by atoms with van der Waals surface area (Å²) in [5, 5.41) is 4.41. The first-order valence-corrected chi connectivity index (χ1v) is 9.12. The molecule has 1 aliphatic heterocycles. The molecule has 1 aromatic carbocycles. The number of ether oxygens (including phenoxy) is 1. The van der Waals surface area contributed by atoms with Crippen LogP contribution >= 0.6 is 0 Å². The smallest absolute Gasteiger partial charge is 0.225 e. The van der Waals surface area contributed by atoms with Gasteiger partial charge in [0, 0.05) is 51.2 Å². The second kappa shape index (κ2) is 7.26. The highest BCUT2D eigenvalue weighted by Gasteiger charge is 2.21. The largest absolute Gasteiger partial charge is 0.495 e. The summed E-state index contributed by atoms with van der Waals surface area (Å²) in [6, 6.07) is 10.1. The summed E-state index contributed by atoms with van der Waals surface area (Å²) in [4.78, 5) is 13.9. The fourth-order valence-corrected chi connectivity index (χ4v) is 3.54. The van der Waals surface area contributed by atoms with Crippen molar-refractivity contribution in [3.8, 4) is 17.0 Å². The van der Waals surface area contributed by atoms with Crippen LogP contribution in [0, 0.1) is 6.92 Å². The van der Waals surface area contributed by atoms with Crippen LogP contribution in [0.2, 0.25) is 0 Å². The van der Waals surface area contributed by atoms with Crippen molar-refractivity contribution in [2.45, 2.75) is 6.92 Å². The summed E-state index contributed by atoms with van der Waals surface area (Å²) >= 11 is 0. The average molecular weight is 364 g/mol. The molecule has 3 heterocycles. The molecule has 7 heteroatoms. The first-order valence-electron chi connectivity index (χ1n) is 9.12. The number of rotatable bonds is 4. The topological polar surface area (TPSA) is 59.3 Å². The quantitative estimate of drug-likeness (QED) is 0.709. The molecule has 0 bridgehead atoms. The Labute approximate surface area is 159 Å². The predicted octanol–water partition coefficient (Wildman–Crippen LogP) is 2.52. The highest BCUT2D eigenvalue weighted by molar-refractivity contribution is 5.62. The summed E-state index contributed by atoms with van der Waals surface area (Å²) in [7, 11) is 3.64. The Morgan fingerprint density at radius 1 is 1.00 bits per heavy atom. The molecule has 1 fully saturated rings. The Kier molecular flexibility index (Phi) is 4.66. The van der Waals surface area contributed by atoms with E-state index in [4.69, 9.17) is 9.72 Å². The Bertz CT molecular complexity index is 930. The zero-order chi connectivity index (χ0) is 18.8. The van der Waals surface area contributed by atoms with Gasteiger partial charge in [-0.15, -0.1) is 0 Å². The molecule has 3 aromatic rings. The highest BCUT2D eigenvalue weighted by atomic mass is 16.5. The van der Waals surface area contributed by atoms with Crippen LogP contribution in [0.5, 0.6) is 5.75 Å². The molecule has 140 valence electrons. The van der Waals surface area contributed by atoms with Crippen LogP contribution in [-0.4, -0.2) is 53.0 Å². The number of methoxy groups -OCH3 is 1. The van der Waals surface area contributed by atoms with Crippen molar-refractivity contribution < 1.29 is 4.74 Å². The third-order valence-electron chi connectivity index (χ3n) is 4.92. The van der Waals surface area contributed by atoms with E-state index >= 15 is 0 Å². The number of piperazine rings is 1. The van der Waals surface area contributed by atoms with Gasteiger partial charge in [-0.25, -0.2) is 9.97 Å². The molecule has 0 aliphatic carbocycles. The van der Waals surface area contributed by atoms with E-state index in [-0.39, 0.29) is 0 Å². The van der Waals surface area contributed by atoms with E-state index < -0.39 is 0 Å². The van der Waals surface area contributed by atoms with Gasteiger partial charge in [0.25, 0.3) is 0 Å². The Hall–Kier alpha value is -3.09. The Morgan fingerprint density at radius 2 is 1.74 bits per heavy atom. The minimum absolute atomic E-state index is 0.774. The molecule has 4 rings (SSSR count). The van der Waals surface area contributed by atoms with Crippen molar-refractivity contribution in [1.29, 1.82) is 0 Å². The lowest BCUT2D eigenvalue weighted by molar-refractivity contribution is 0.413. The van der Waals surface area contributed by atoms with Crippen molar-refractivity contribution in [1.82, 2.24) is 19.7 Å². The number of hydrogen-bond donors (Lipinski definition) is 0. The minimum atomic E-state index is 0.774. The Balaban J connectivity index is 1.50. The van der Waals surface area contributed by atoms with E-state index in [0.717, 1.165) is 60.5 Å². The third kappa shape index (κ3) is 3.45. The van der Waals surface area contributed by atoms with Gasteiger partial charge in [0.15, 0.2) is 0 Å². The van der Waals surface area contributed by atoms with Gasteiger partial charge in [-0.2, -0.15) is 5.10 Å². The lowest BCUT2D eigenvalue weighted by Gasteiger charge is -2.36. The van der Waals surface area contributed by atoms with Crippen LogP contribution in [-0.2, 0) is 7.05 Å². The molecule has 1 saturated heterocycles. The molecular formula is C20H24N6O. The lowest BCUT2D eigenvalue weighted by Crippen LogP contribution is -2.47. The molecule has 2 aromatic heterocycles. The first-order chi connectivity index (χ1) is 13.2. The maximum atomic E-state index is 5.50. The van der Waals surface area contributed by atoms with Crippen LogP contribution in [0.15, 0.2) is 42.7 Å². The molecule has 7 nitrogen and oxygen atoms in total. The van der Waals surface area contributed by atoms with E-state index in [1.165, 1.54) is 0 Å². The molecule has 0 spiro atoms. The van der Waals surface area contributed by atoms with Crippen LogP contribution in [0.1, 0.15) is 5.69 Å². The van der Waals surface area contributed by atoms with Gasteiger partial charge in [0.1, 0.15) is 5.75 Å². The number of aryl methyl sites for hydroxylation is 2. The van der Waals surface area contributed by atoms with Crippen molar-refractivity contribution in [2.24, 2.45) is 7.05 Å². The maximum Gasteiger partial charge on any atom is 0.225 e. The van der Waals surface area contributed by atoms with Crippen LogP contribution in [0.4, 0.5) is 11.6 Å². The van der Waals surface area contributed by atoms with Crippen molar-refractivity contribution in [3.05, 3.63) is 48.4 Å². The zero-order valence-electron chi connectivity index (χ0n) is 16.0. The van der Waals surface area contributed by atoms with E-state index in [2.05, 4.69) is 25.9 Å². The van der Waals surface area contributed by atoms with Gasteiger partial charge in [-0.1, -0.05) is 12.1 Å². The molecule has 0 atom stereocenters. The van der Waals surface area contributed by atoms with Crippen LogP contribution < -0.4 is 14.5 Å². The number of aromatic nitrogens is 4. The summed E-state index contributed by atoms with van der Waals surface area (Å²) in [6.07, 6.45) is 3.83. The van der Waals surface area contributed by atoms with Crippen LogP contribution in [0.25, 0.3) is 11.3 Å². The van der Waals surface area contributed by atoms with Gasteiger partial charge in [0.2, 0.25) is 5.95 Å². The molecule has 0 unspecified atom stereocenters. The molecule has 0 radical (unpaired) electrons. The Morgan fingerprint density at radius 3 is 2.44 bits per heavy atom. The van der Waals surface area contributed by atoms with Gasteiger partial charge in [-0.05, 0) is 25.1 Å². The minimum Gasteiger partial charge on any atom is -0.495 e. The fraction of sp³-hybridized carbons (Fsp3) is 0.350. The van der Waals surface area contributed by atoms with Gasteiger partial charge in [-0.3, -0.25) is 4.68 Å². The fourth-order valence-electron chi connectivity index (χ4n) is 3.54. The van der Waals surface area contributed by atoms with Gasteiger partial charge < -0.3 is 14.5 Å². The summed E-state index contributed by atoms with van der Waals surface area (Å²) in [6.45, 7) is 5.55. The maximum absolute atomic E-state index is 5.50. The number of hydrogen-bond acceptors (Lipinski definition) is 6. The summed E-state index contributed by atoms with van der Waals surface area (Å²) < 4.78 is 7.32. The summed E-state index contributed by atoms with van der Waals surface area (Å²) in [5.74, 6) is 1.69. The molecule has 0 amide bonds. The molecule has 0 saturated carbocycles. The number of nitrogens with zero attached hydrogens (tertiary/aromatic N) is 6. The monoisotopic (exact) mass is 364 g/mol. The number of benzene rings is 1. The average Bonchev–Trinajstić information content (AvgIpc) is 3.06. The third-order valence-corrected chi connectivity index (χ3v) is 4.92. The van der Waals surface area contributed by atoms with E-state index in [1.54, 1.807) is 7.11 Å². The van der Waals surface area contributed by atoms with E-state index in [0.29, 0.717) is 0 Å². The number of anilines is 2. The molecule has 27 heavy (non-hydrogen) atoms. The van der Waals surface area contributed by atoms with Crippen LogP contribution in [0.3, 0.4) is 0 Å².